The van der Waals surface area contributed by atoms with E-state index in [2.05, 4.69) is 28.7 Å². The molecule has 1 fully saturated rings. The Morgan fingerprint density at radius 2 is 1.77 bits per heavy atom. The van der Waals surface area contributed by atoms with Crippen LogP contribution in [0.1, 0.15) is 27.7 Å². The Morgan fingerprint density at radius 1 is 1.10 bits per heavy atom. The number of hydrogen-bond acceptors (Lipinski definition) is 8. The highest BCUT2D eigenvalue weighted by Crippen LogP contribution is 2.34. The van der Waals surface area contributed by atoms with E-state index in [1.165, 1.54) is 39.0 Å². The largest absolute Gasteiger partial charge is 0.462 e. The number of sulfonamides is 1. The van der Waals surface area contributed by atoms with Crippen molar-refractivity contribution >= 4 is 43.4 Å². The van der Waals surface area contributed by atoms with Gasteiger partial charge in [0.15, 0.2) is 0 Å². The molecule has 1 aliphatic rings. The molecule has 31 heavy (non-hydrogen) atoms. The van der Waals surface area contributed by atoms with Crippen LogP contribution < -0.4 is 4.90 Å². The minimum atomic E-state index is -3.65. The second-order valence-electron chi connectivity index (χ2n) is 7.30. The normalized spacial score (nSPS) is 15.4. The van der Waals surface area contributed by atoms with Crippen molar-refractivity contribution in [2.75, 3.05) is 37.7 Å². The second-order valence-corrected chi connectivity index (χ2v) is 10.4. The number of hydrogen-bond donors (Lipinski definition) is 0. The lowest BCUT2D eigenvalue weighted by atomic mass is 10.2. The highest BCUT2D eigenvalue weighted by molar-refractivity contribution is 7.89. The molecular weight excluding hydrogens is 436 g/mol. The number of rotatable bonds is 5. The van der Waals surface area contributed by atoms with Crippen molar-refractivity contribution in [1.82, 2.24) is 14.3 Å². The van der Waals surface area contributed by atoms with Gasteiger partial charge in [0.2, 0.25) is 10.0 Å². The Bertz CT molecular complexity index is 1210. The average Bonchev–Trinajstić information content (AvgIpc) is 3.08. The minimum absolute atomic E-state index is 0.169. The molecule has 1 aromatic carbocycles. The summed E-state index contributed by atoms with van der Waals surface area (Å²) in [4.78, 5) is 25.1. The van der Waals surface area contributed by atoms with Crippen LogP contribution in [0.2, 0.25) is 0 Å². The van der Waals surface area contributed by atoms with E-state index in [4.69, 9.17) is 4.74 Å². The zero-order chi connectivity index (χ0) is 22.2. The lowest BCUT2D eigenvalue weighted by Gasteiger charge is -2.35. The summed E-state index contributed by atoms with van der Waals surface area (Å²) in [6.07, 6.45) is 1.57. The van der Waals surface area contributed by atoms with Crippen LogP contribution in [0.5, 0.6) is 0 Å². The van der Waals surface area contributed by atoms with Crippen LogP contribution in [0, 0.1) is 13.8 Å². The summed E-state index contributed by atoms with van der Waals surface area (Å²) < 4.78 is 32.6. The summed E-state index contributed by atoms with van der Waals surface area (Å²) in [5.41, 5.74) is 1.51. The molecule has 0 bridgehead atoms. The fourth-order valence-corrected chi connectivity index (χ4v) is 6.08. The summed E-state index contributed by atoms with van der Waals surface area (Å²) >= 11 is 1.65. The first-order valence-corrected chi connectivity index (χ1v) is 12.3. The molecule has 1 aliphatic heterocycles. The van der Waals surface area contributed by atoms with E-state index in [-0.39, 0.29) is 11.5 Å². The molecular formula is C21H24N4O4S2. The van der Waals surface area contributed by atoms with Gasteiger partial charge in [0.25, 0.3) is 0 Å². The van der Waals surface area contributed by atoms with Crippen LogP contribution in [0.25, 0.3) is 10.2 Å². The number of aromatic nitrogens is 2. The number of nitrogens with zero attached hydrogens (tertiary/aromatic N) is 4. The van der Waals surface area contributed by atoms with E-state index < -0.39 is 16.0 Å². The molecule has 0 saturated carbocycles. The summed E-state index contributed by atoms with van der Waals surface area (Å²) in [6, 6.07) is 5.89. The van der Waals surface area contributed by atoms with Gasteiger partial charge in [0.1, 0.15) is 17.0 Å². The molecule has 3 aromatic rings. The maximum Gasteiger partial charge on any atom is 0.338 e. The van der Waals surface area contributed by atoms with Crippen LogP contribution in [-0.4, -0.2) is 61.4 Å². The Labute approximate surface area is 185 Å². The predicted molar refractivity (Wildman–Crippen MR) is 120 cm³/mol. The average molecular weight is 461 g/mol. The lowest BCUT2D eigenvalue weighted by Crippen LogP contribution is -2.49. The van der Waals surface area contributed by atoms with Crippen LogP contribution in [-0.2, 0) is 14.8 Å². The van der Waals surface area contributed by atoms with E-state index >= 15 is 0 Å². The topological polar surface area (TPSA) is 92.7 Å². The van der Waals surface area contributed by atoms with Crippen LogP contribution in [0.15, 0.2) is 35.5 Å². The molecule has 0 atom stereocenters. The summed E-state index contributed by atoms with van der Waals surface area (Å²) in [6.45, 7) is 7.94. The number of fused-ring (bicyclic) bond motifs is 1. The van der Waals surface area contributed by atoms with Gasteiger partial charge in [0.05, 0.1) is 22.5 Å². The first kappa shape index (κ1) is 21.7. The van der Waals surface area contributed by atoms with E-state index in [1.54, 1.807) is 24.6 Å². The monoisotopic (exact) mass is 460 g/mol. The van der Waals surface area contributed by atoms with Crippen LogP contribution >= 0.6 is 11.3 Å². The molecule has 0 spiro atoms. The van der Waals surface area contributed by atoms with Crippen molar-refractivity contribution in [2.45, 2.75) is 25.7 Å². The van der Waals surface area contributed by atoms with Gasteiger partial charge in [-0.2, -0.15) is 4.31 Å². The number of benzene rings is 1. The van der Waals surface area contributed by atoms with Crippen molar-refractivity contribution in [3.05, 3.63) is 46.6 Å². The molecule has 3 heterocycles. The molecule has 164 valence electrons. The van der Waals surface area contributed by atoms with Crippen molar-refractivity contribution in [3.8, 4) is 0 Å². The van der Waals surface area contributed by atoms with E-state index in [1.807, 2.05) is 0 Å². The molecule has 0 N–H and O–H groups in total. The Kier molecular flexibility index (Phi) is 5.96. The molecule has 0 unspecified atom stereocenters. The molecule has 0 aliphatic carbocycles. The number of anilines is 1. The van der Waals surface area contributed by atoms with Crippen LogP contribution in [0.4, 0.5) is 5.82 Å². The zero-order valence-corrected chi connectivity index (χ0v) is 19.3. The van der Waals surface area contributed by atoms with Gasteiger partial charge >= 0.3 is 5.97 Å². The quantitative estimate of drug-likeness (QED) is 0.541. The third-order valence-corrected chi connectivity index (χ3v) is 8.51. The van der Waals surface area contributed by atoms with Crippen LogP contribution in [0.3, 0.4) is 0 Å². The smallest absolute Gasteiger partial charge is 0.338 e. The number of thiophene rings is 1. The number of carbonyl (C=O) groups is 1. The maximum atomic E-state index is 13.1. The van der Waals surface area contributed by atoms with E-state index in [9.17, 15) is 13.2 Å². The lowest BCUT2D eigenvalue weighted by molar-refractivity contribution is 0.0526. The standard InChI is InChI=1S/C21H24N4O4S2/c1-4-29-21(26)16-5-7-17(8-6-16)31(27,28)25-11-9-24(10-12-25)19-18-14(2)15(3)30-20(18)23-13-22-19/h5-8,13H,4,9-12H2,1-3H3. The second kappa shape index (κ2) is 8.52. The number of esters is 1. The van der Waals surface area contributed by atoms with Crippen molar-refractivity contribution < 1.29 is 17.9 Å². The van der Waals surface area contributed by atoms with Gasteiger partial charge in [-0.1, -0.05) is 0 Å². The van der Waals surface area contributed by atoms with Crippen molar-refractivity contribution in [3.63, 3.8) is 0 Å². The highest BCUT2D eigenvalue weighted by Gasteiger charge is 2.30. The van der Waals surface area contributed by atoms with Gasteiger partial charge in [-0.05, 0) is 50.6 Å². The highest BCUT2D eigenvalue weighted by atomic mass is 32.2. The van der Waals surface area contributed by atoms with Gasteiger partial charge < -0.3 is 9.64 Å². The Balaban J connectivity index is 1.50. The fraction of sp³-hybridized carbons (Fsp3) is 0.381. The third kappa shape index (κ3) is 4.02. The summed E-state index contributed by atoms with van der Waals surface area (Å²) in [5, 5.41) is 1.05. The van der Waals surface area contributed by atoms with Gasteiger partial charge in [-0.25, -0.2) is 23.2 Å². The molecule has 0 amide bonds. The molecule has 10 heteroatoms. The number of aryl methyl sites for hydroxylation is 2. The zero-order valence-electron chi connectivity index (χ0n) is 17.7. The maximum absolute atomic E-state index is 13.1. The number of ether oxygens (including phenoxy) is 1. The molecule has 4 rings (SSSR count). The number of carbonyl (C=O) groups excluding carboxylic acids is 1. The summed E-state index contributed by atoms with van der Waals surface area (Å²) in [7, 11) is -3.65. The Hall–Kier alpha value is -2.56. The summed E-state index contributed by atoms with van der Waals surface area (Å²) in [5.74, 6) is 0.401. The van der Waals surface area contributed by atoms with Gasteiger partial charge in [-0.3, -0.25) is 0 Å². The first-order valence-electron chi connectivity index (χ1n) is 10.1. The Morgan fingerprint density at radius 3 is 2.42 bits per heavy atom. The third-order valence-electron chi connectivity index (χ3n) is 5.49. The first-order chi connectivity index (χ1) is 14.8. The SMILES string of the molecule is CCOC(=O)c1ccc(S(=O)(=O)N2CCN(c3ncnc4sc(C)c(C)c34)CC2)cc1. The molecule has 1 saturated heterocycles. The predicted octanol–water partition coefficient (Wildman–Crippen LogP) is 3.00. The molecule has 2 aromatic heterocycles. The number of piperazine rings is 1. The minimum Gasteiger partial charge on any atom is -0.462 e. The fourth-order valence-electron chi connectivity index (χ4n) is 3.67. The molecule has 8 nitrogen and oxygen atoms in total. The van der Waals surface area contributed by atoms with E-state index in [0.29, 0.717) is 31.7 Å². The molecule has 0 radical (unpaired) electrons. The van der Waals surface area contributed by atoms with Crippen molar-refractivity contribution in [1.29, 1.82) is 0 Å². The van der Waals surface area contributed by atoms with Crippen molar-refractivity contribution in [2.24, 2.45) is 0 Å². The van der Waals surface area contributed by atoms with Gasteiger partial charge in [-0.15, -0.1) is 11.3 Å². The van der Waals surface area contributed by atoms with Gasteiger partial charge in [0, 0.05) is 31.1 Å². The van der Waals surface area contributed by atoms with E-state index in [0.717, 1.165) is 16.0 Å².